The zero-order valence-electron chi connectivity index (χ0n) is 14.1. The van der Waals surface area contributed by atoms with Crippen LogP contribution in [0, 0.1) is 15.9 Å². The van der Waals surface area contributed by atoms with Gasteiger partial charge in [-0.2, -0.15) is 0 Å². The number of carbonyl (C=O) groups is 1. The molecule has 3 rings (SSSR count). The number of quaternary nitrogens is 1. The average Bonchev–Trinajstić information content (AvgIpc) is 3.22. The number of carbonyl (C=O) groups excluding carboxylic acids is 1. The molecule has 3 aromatic rings. The van der Waals surface area contributed by atoms with E-state index in [2.05, 4.69) is 4.98 Å². The lowest BCUT2D eigenvalue weighted by Crippen LogP contribution is -3.06. The van der Waals surface area contributed by atoms with Gasteiger partial charge in [0.2, 0.25) is 0 Å². The Hall–Kier alpha value is -2.43. The molecule has 0 saturated carbocycles. The molecule has 26 heavy (non-hydrogen) atoms. The smallest absolute Gasteiger partial charge is 0.324 e. The highest BCUT2D eigenvalue weighted by molar-refractivity contribution is 7.22. The number of halogens is 1. The Morgan fingerprint density at radius 1 is 1.31 bits per heavy atom. The first-order chi connectivity index (χ1) is 12.4. The summed E-state index contributed by atoms with van der Waals surface area (Å²) in [7, 11) is 3.91. The highest BCUT2D eigenvalue weighted by atomic mass is 32.1. The van der Waals surface area contributed by atoms with Gasteiger partial charge in [0, 0.05) is 6.07 Å². The van der Waals surface area contributed by atoms with Gasteiger partial charge in [0.05, 0.1) is 41.7 Å². The second-order valence-electron chi connectivity index (χ2n) is 5.89. The van der Waals surface area contributed by atoms with Crippen LogP contribution in [0.1, 0.15) is 9.67 Å². The number of fused-ring (bicyclic) bond motifs is 1. The SMILES string of the molecule is C[NH+](C)CCN(C(=O)c1ccc([N+](=O)[O-])s1)c1nc2c(F)cccc2s1. The molecule has 1 aromatic carbocycles. The van der Waals surface area contributed by atoms with Gasteiger partial charge in [-0.3, -0.25) is 19.8 Å². The van der Waals surface area contributed by atoms with Crippen molar-refractivity contribution >= 4 is 48.9 Å². The normalized spacial score (nSPS) is 11.2. The molecule has 2 heterocycles. The van der Waals surface area contributed by atoms with E-state index in [4.69, 9.17) is 0 Å². The van der Waals surface area contributed by atoms with Crippen LogP contribution < -0.4 is 9.80 Å². The number of anilines is 1. The zero-order valence-corrected chi connectivity index (χ0v) is 15.7. The highest BCUT2D eigenvalue weighted by Gasteiger charge is 2.25. The first-order valence-electron chi connectivity index (χ1n) is 7.77. The van der Waals surface area contributed by atoms with Crippen molar-refractivity contribution in [3.05, 3.63) is 51.1 Å². The number of nitro groups is 1. The quantitative estimate of drug-likeness (QED) is 0.513. The van der Waals surface area contributed by atoms with Crippen molar-refractivity contribution in [2.24, 2.45) is 0 Å². The number of nitrogens with one attached hydrogen (secondary N) is 1. The Labute approximate surface area is 156 Å². The lowest BCUT2D eigenvalue weighted by Gasteiger charge is -2.19. The van der Waals surface area contributed by atoms with Crippen molar-refractivity contribution < 1.29 is 19.0 Å². The number of aromatic nitrogens is 1. The van der Waals surface area contributed by atoms with E-state index in [9.17, 15) is 19.3 Å². The van der Waals surface area contributed by atoms with Crippen LogP contribution in [0.3, 0.4) is 0 Å². The number of benzene rings is 1. The predicted molar refractivity (Wildman–Crippen MR) is 99.9 cm³/mol. The van der Waals surface area contributed by atoms with Gasteiger partial charge in [-0.15, -0.1) is 0 Å². The van der Waals surface area contributed by atoms with E-state index in [-0.39, 0.29) is 21.3 Å². The molecule has 10 heteroatoms. The number of para-hydroxylation sites is 1. The summed E-state index contributed by atoms with van der Waals surface area (Å²) in [6.45, 7) is 1.02. The molecule has 0 aliphatic heterocycles. The Bertz CT molecular complexity index is 969. The monoisotopic (exact) mass is 395 g/mol. The number of amides is 1. The maximum atomic E-state index is 14.0. The van der Waals surface area contributed by atoms with E-state index in [1.807, 2.05) is 14.1 Å². The van der Waals surface area contributed by atoms with Crippen molar-refractivity contribution in [1.29, 1.82) is 0 Å². The van der Waals surface area contributed by atoms with E-state index in [0.717, 1.165) is 16.2 Å². The summed E-state index contributed by atoms with van der Waals surface area (Å²) in [5.41, 5.74) is 0.222. The molecule has 0 unspecified atom stereocenters. The van der Waals surface area contributed by atoms with E-state index in [0.29, 0.717) is 22.9 Å². The second-order valence-corrected chi connectivity index (χ2v) is 7.96. The van der Waals surface area contributed by atoms with E-state index < -0.39 is 10.7 Å². The lowest BCUT2D eigenvalue weighted by molar-refractivity contribution is -0.856. The van der Waals surface area contributed by atoms with Crippen LogP contribution in [0.25, 0.3) is 10.2 Å². The van der Waals surface area contributed by atoms with Crippen LogP contribution in [0.15, 0.2) is 30.3 Å². The van der Waals surface area contributed by atoms with Gasteiger partial charge in [-0.25, -0.2) is 9.37 Å². The maximum absolute atomic E-state index is 14.0. The molecule has 0 saturated heterocycles. The molecule has 2 aromatic heterocycles. The van der Waals surface area contributed by atoms with Crippen LogP contribution in [0.4, 0.5) is 14.5 Å². The molecule has 0 fully saturated rings. The Morgan fingerprint density at radius 3 is 2.69 bits per heavy atom. The molecular weight excluding hydrogens is 379 g/mol. The number of hydrogen-bond donors (Lipinski definition) is 1. The van der Waals surface area contributed by atoms with Gasteiger partial charge in [0.25, 0.3) is 5.91 Å². The molecular formula is C16H16FN4O3S2+. The van der Waals surface area contributed by atoms with Crippen LogP contribution in [-0.2, 0) is 0 Å². The van der Waals surface area contributed by atoms with Gasteiger partial charge >= 0.3 is 5.00 Å². The summed E-state index contributed by atoms with van der Waals surface area (Å²) in [5.74, 6) is -0.814. The predicted octanol–water partition coefficient (Wildman–Crippen LogP) is 2.20. The number of thiazole rings is 1. The van der Waals surface area contributed by atoms with Crippen LogP contribution in [0.2, 0.25) is 0 Å². The molecule has 0 aliphatic carbocycles. The van der Waals surface area contributed by atoms with Gasteiger partial charge in [0.15, 0.2) is 5.13 Å². The molecule has 1 amide bonds. The summed E-state index contributed by atoms with van der Waals surface area (Å²) in [6, 6.07) is 7.41. The fraction of sp³-hybridized carbons (Fsp3) is 0.250. The first-order valence-corrected chi connectivity index (χ1v) is 9.40. The zero-order chi connectivity index (χ0) is 18.8. The Kier molecular flexibility index (Phi) is 5.25. The second kappa shape index (κ2) is 7.44. The molecule has 0 spiro atoms. The van der Waals surface area contributed by atoms with E-state index in [1.165, 1.54) is 34.4 Å². The van der Waals surface area contributed by atoms with E-state index in [1.54, 1.807) is 12.1 Å². The minimum atomic E-state index is -0.525. The van der Waals surface area contributed by atoms with Crippen molar-refractivity contribution in [3.8, 4) is 0 Å². The maximum Gasteiger partial charge on any atom is 0.324 e. The molecule has 0 aliphatic rings. The molecule has 0 radical (unpaired) electrons. The number of rotatable bonds is 6. The average molecular weight is 395 g/mol. The number of nitrogens with zero attached hydrogens (tertiary/aromatic N) is 3. The van der Waals surface area contributed by atoms with Crippen molar-refractivity contribution in [1.82, 2.24) is 4.98 Å². The van der Waals surface area contributed by atoms with Gasteiger partial charge in [-0.1, -0.05) is 28.7 Å². The van der Waals surface area contributed by atoms with Gasteiger partial charge < -0.3 is 4.90 Å². The Balaban J connectivity index is 1.98. The van der Waals surface area contributed by atoms with Crippen molar-refractivity contribution in [2.75, 3.05) is 32.1 Å². The molecule has 136 valence electrons. The van der Waals surface area contributed by atoms with Gasteiger partial charge in [0.1, 0.15) is 11.3 Å². The molecule has 0 bridgehead atoms. The third-order valence-electron chi connectivity index (χ3n) is 3.65. The summed E-state index contributed by atoms with van der Waals surface area (Å²) in [4.78, 5) is 30.4. The van der Waals surface area contributed by atoms with Crippen LogP contribution >= 0.6 is 22.7 Å². The number of thiophene rings is 1. The standard InChI is InChI=1S/C16H15FN4O3S2/c1-19(2)8-9-20(15(22)12-6-7-13(25-12)21(23)24)16-18-14-10(17)4-3-5-11(14)26-16/h3-7H,8-9H2,1-2H3/p+1. The Morgan fingerprint density at radius 2 is 2.08 bits per heavy atom. The lowest BCUT2D eigenvalue weighted by atomic mass is 10.3. The summed E-state index contributed by atoms with van der Waals surface area (Å²) in [5, 5.41) is 11.2. The van der Waals surface area contributed by atoms with Crippen LogP contribution in [0.5, 0.6) is 0 Å². The first kappa shape index (κ1) is 18.4. The van der Waals surface area contributed by atoms with Gasteiger partial charge in [-0.05, 0) is 18.2 Å². The number of hydrogen-bond acceptors (Lipinski definition) is 6. The van der Waals surface area contributed by atoms with Crippen molar-refractivity contribution in [3.63, 3.8) is 0 Å². The van der Waals surface area contributed by atoms with Crippen LogP contribution in [-0.4, -0.2) is 43.0 Å². The minimum Gasteiger partial charge on any atom is -0.338 e. The molecule has 1 N–H and O–H groups in total. The topological polar surface area (TPSA) is 80.8 Å². The number of likely N-dealkylation sites (N-methyl/N-ethyl adjacent to an activating group) is 1. The third-order valence-corrected chi connectivity index (χ3v) is 5.72. The summed E-state index contributed by atoms with van der Waals surface area (Å²) >= 11 is 2.04. The van der Waals surface area contributed by atoms with E-state index >= 15 is 0 Å². The largest absolute Gasteiger partial charge is 0.338 e. The third kappa shape index (κ3) is 3.71. The fourth-order valence-electron chi connectivity index (χ4n) is 2.31. The highest BCUT2D eigenvalue weighted by Crippen LogP contribution is 2.32. The minimum absolute atomic E-state index is 0.0955. The van der Waals surface area contributed by atoms with Crippen molar-refractivity contribution in [2.45, 2.75) is 0 Å². The molecule has 0 atom stereocenters. The fourth-order valence-corrected chi connectivity index (χ4v) is 4.09. The molecule has 7 nitrogen and oxygen atoms in total. The summed E-state index contributed by atoms with van der Waals surface area (Å²) in [6.07, 6.45) is 0. The summed E-state index contributed by atoms with van der Waals surface area (Å²) < 4.78 is 14.6.